The highest BCUT2D eigenvalue weighted by molar-refractivity contribution is 5.87. The number of nitrogens with one attached hydrogen (secondary N) is 1. The van der Waals surface area contributed by atoms with Crippen LogP contribution < -0.4 is 11.2 Å². The van der Waals surface area contributed by atoms with Gasteiger partial charge in [0.15, 0.2) is 0 Å². The molecule has 0 aliphatic rings. The maximum absolute atomic E-state index is 14.1. The van der Waals surface area contributed by atoms with Crippen LogP contribution in [0.5, 0.6) is 0 Å². The molecule has 7 nitrogen and oxygen atoms in total. The molecule has 2 atom stereocenters. The van der Waals surface area contributed by atoms with Crippen molar-refractivity contribution in [3.63, 3.8) is 0 Å². The van der Waals surface area contributed by atoms with Gasteiger partial charge < -0.3 is 10.1 Å². The van der Waals surface area contributed by atoms with E-state index in [0.717, 1.165) is 26.6 Å². The first kappa shape index (κ1) is 22.4. The van der Waals surface area contributed by atoms with Crippen molar-refractivity contribution in [1.29, 1.82) is 0 Å². The van der Waals surface area contributed by atoms with Crippen molar-refractivity contribution in [3.05, 3.63) is 117 Å². The molecule has 35 heavy (non-hydrogen) atoms. The summed E-state index contributed by atoms with van der Waals surface area (Å²) in [7, 11) is 0. The molecule has 3 aromatic carbocycles. The van der Waals surface area contributed by atoms with Gasteiger partial charge in [0, 0.05) is 22.7 Å². The number of hydrogen-bond donors (Lipinski definition) is 2. The molecule has 0 saturated heterocycles. The Balaban J connectivity index is 1.83. The summed E-state index contributed by atoms with van der Waals surface area (Å²) in [5.74, 6) is -1.09. The Morgan fingerprint density at radius 1 is 0.943 bits per heavy atom. The lowest BCUT2D eigenvalue weighted by Gasteiger charge is -2.24. The van der Waals surface area contributed by atoms with Gasteiger partial charge in [-0.2, -0.15) is 0 Å². The van der Waals surface area contributed by atoms with Gasteiger partial charge in [-0.25, -0.2) is 4.79 Å². The molecule has 5 aromatic rings. The summed E-state index contributed by atoms with van der Waals surface area (Å²) < 4.78 is 2.70. The predicted octanol–water partition coefficient (Wildman–Crippen LogP) is 4.63. The molecular weight excluding hydrogens is 442 g/mol. The molecule has 0 saturated carbocycles. The van der Waals surface area contributed by atoms with Crippen LogP contribution in [-0.2, 0) is 4.79 Å². The van der Waals surface area contributed by atoms with Crippen molar-refractivity contribution < 1.29 is 9.90 Å². The third kappa shape index (κ3) is 3.75. The minimum absolute atomic E-state index is 0.363. The molecule has 0 radical (unpaired) electrons. The number of carboxylic acid groups (broad SMARTS) is 1. The molecule has 0 fully saturated rings. The highest BCUT2D eigenvalue weighted by Crippen LogP contribution is 2.30. The van der Waals surface area contributed by atoms with E-state index in [4.69, 9.17) is 0 Å². The van der Waals surface area contributed by atoms with E-state index < -0.39 is 35.7 Å². The Bertz CT molecular complexity index is 1680. The Morgan fingerprint density at radius 2 is 1.66 bits per heavy atom. The van der Waals surface area contributed by atoms with Gasteiger partial charge in [-0.05, 0) is 43.2 Å². The van der Waals surface area contributed by atoms with Gasteiger partial charge in [0.1, 0.15) is 0 Å². The molecule has 0 bridgehead atoms. The Hall–Kier alpha value is -4.39. The maximum atomic E-state index is 14.1. The number of hydrogen-bond acceptors (Lipinski definition) is 3. The Morgan fingerprint density at radius 3 is 2.40 bits per heavy atom. The van der Waals surface area contributed by atoms with Gasteiger partial charge in [-0.15, -0.1) is 0 Å². The average molecular weight is 468 g/mol. The fourth-order valence-electron chi connectivity index (χ4n) is 5.02. The standard InChI is InChI=1S/C28H25N3O4/c1-17-9-8-13-22-26(17)21(16-29-22)18(2)30-23-14-7-6-12-20(23)27(34)31(28(30)35)24(15-25(32)33)19-10-4-3-5-11-19/h3-14,16,18,24,29H,15H2,1-2H3,(H,32,33). The number of aryl methyl sites for hydroxylation is 1. The van der Waals surface area contributed by atoms with E-state index in [2.05, 4.69) is 4.98 Å². The zero-order valence-electron chi connectivity index (χ0n) is 19.4. The second-order valence-electron chi connectivity index (χ2n) is 8.79. The average Bonchev–Trinajstić information content (AvgIpc) is 3.29. The van der Waals surface area contributed by atoms with Gasteiger partial charge >= 0.3 is 11.7 Å². The first-order valence-electron chi connectivity index (χ1n) is 11.5. The van der Waals surface area contributed by atoms with Crippen LogP contribution in [0.4, 0.5) is 0 Å². The van der Waals surface area contributed by atoms with Crippen LogP contribution in [-0.4, -0.2) is 25.2 Å². The van der Waals surface area contributed by atoms with Crippen LogP contribution in [0, 0.1) is 6.92 Å². The number of carbonyl (C=O) groups is 1. The van der Waals surface area contributed by atoms with Gasteiger partial charge in [-0.1, -0.05) is 54.6 Å². The van der Waals surface area contributed by atoms with E-state index in [9.17, 15) is 19.5 Å². The van der Waals surface area contributed by atoms with Crippen molar-refractivity contribution in [1.82, 2.24) is 14.1 Å². The lowest BCUT2D eigenvalue weighted by Crippen LogP contribution is -2.44. The summed E-state index contributed by atoms with van der Waals surface area (Å²) in [5.41, 5.74) is 3.02. The lowest BCUT2D eigenvalue weighted by molar-refractivity contribution is -0.137. The van der Waals surface area contributed by atoms with Gasteiger partial charge in [0.2, 0.25) is 0 Å². The van der Waals surface area contributed by atoms with Crippen LogP contribution in [0.3, 0.4) is 0 Å². The van der Waals surface area contributed by atoms with Crippen LogP contribution in [0.2, 0.25) is 0 Å². The zero-order chi connectivity index (χ0) is 24.7. The van der Waals surface area contributed by atoms with E-state index in [-0.39, 0.29) is 0 Å². The molecule has 0 aliphatic carbocycles. The third-order valence-electron chi connectivity index (χ3n) is 6.67. The van der Waals surface area contributed by atoms with Crippen LogP contribution in [0.15, 0.2) is 88.6 Å². The van der Waals surface area contributed by atoms with Gasteiger partial charge in [0.25, 0.3) is 5.56 Å². The Labute approximate surface area is 200 Å². The largest absolute Gasteiger partial charge is 0.481 e. The molecule has 2 heterocycles. The van der Waals surface area contributed by atoms with E-state index in [1.807, 2.05) is 44.3 Å². The first-order valence-corrected chi connectivity index (χ1v) is 11.5. The third-order valence-corrected chi connectivity index (χ3v) is 6.67. The molecular formula is C28H25N3O4. The van der Waals surface area contributed by atoms with E-state index >= 15 is 0 Å². The summed E-state index contributed by atoms with van der Waals surface area (Å²) in [6, 6.07) is 20.4. The van der Waals surface area contributed by atoms with Crippen molar-refractivity contribution in [2.75, 3.05) is 0 Å². The highest BCUT2D eigenvalue weighted by atomic mass is 16.4. The van der Waals surface area contributed by atoms with Gasteiger partial charge in [-0.3, -0.25) is 18.7 Å². The number of aliphatic carboxylic acids is 1. The molecule has 2 aromatic heterocycles. The maximum Gasteiger partial charge on any atom is 0.332 e. The number of benzene rings is 3. The molecule has 2 unspecified atom stereocenters. The number of para-hydroxylation sites is 1. The molecule has 2 N–H and O–H groups in total. The monoisotopic (exact) mass is 467 g/mol. The van der Waals surface area contributed by atoms with Crippen LogP contribution in [0.25, 0.3) is 21.8 Å². The minimum Gasteiger partial charge on any atom is -0.481 e. The van der Waals surface area contributed by atoms with Crippen LogP contribution in [0.1, 0.15) is 42.1 Å². The number of rotatable bonds is 6. The fourth-order valence-corrected chi connectivity index (χ4v) is 5.02. The zero-order valence-corrected chi connectivity index (χ0v) is 19.4. The van der Waals surface area contributed by atoms with Crippen molar-refractivity contribution in [2.45, 2.75) is 32.4 Å². The summed E-state index contributed by atoms with van der Waals surface area (Å²) in [5, 5.41) is 11.0. The van der Waals surface area contributed by atoms with E-state index in [1.54, 1.807) is 53.1 Å². The smallest absolute Gasteiger partial charge is 0.332 e. The summed E-state index contributed by atoms with van der Waals surface area (Å²) >= 11 is 0. The number of carboxylic acids is 1. The second kappa shape index (κ2) is 8.76. The first-order chi connectivity index (χ1) is 16.9. The number of aromatic amines is 1. The highest BCUT2D eigenvalue weighted by Gasteiger charge is 2.26. The fraction of sp³-hybridized carbons (Fsp3) is 0.179. The van der Waals surface area contributed by atoms with Crippen molar-refractivity contribution in [3.8, 4) is 0 Å². The lowest BCUT2D eigenvalue weighted by atomic mass is 10.0. The normalized spacial score (nSPS) is 13.2. The number of nitrogens with zero attached hydrogens (tertiary/aromatic N) is 2. The Kier molecular flexibility index (Phi) is 5.61. The minimum atomic E-state index is -1.09. The molecule has 176 valence electrons. The van der Waals surface area contributed by atoms with Crippen LogP contribution >= 0.6 is 0 Å². The number of H-pyrrole nitrogens is 1. The topological polar surface area (TPSA) is 97.1 Å². The molecule has 0 aliphatic heterocycles. The molecule has 0 amide bonds. The predicted molar refractivity (Wildman–Crippen MR) is 136 cm³/mol. The number of fused-ring (bicyclic) bond motifs is 2. The van der Waals surface area contributed by atoms with E-state index in [1.165, 1.54) is 0 Å². The number of aromatic nitrogens is 3. The SMILES string of the molecule is Cc1cccc2[nH]cc(C(C)n3c(=O)n(C(CC(=O)O)c4ccccc4)c(=O)c4ccccc43)c12. The molecule has 0 spiro atoms. The van der Waals surface area contributed by atoms with Crippen molar-refractivity contribution in [2.24, 2.45) is 0 Å². The summed E-state index contributed by atoms with van der Waals surface area (Å²) in [6.07, 6.45) is 1.50. The van der Waals surface area contributed by atoms with Crippen molar-refractivity contribution >= 4 is 27.8 Å². The summed E-state index contributed by atoms with van der Waals surface area (Å²) in [4.78, 5) is 42.8. The molecule has 7 heteroatoms. The molecule has 5 rings (SSSR count). The quantitative estimate of drug-likeness (QED) is 0.381. The second-order valence-corrected chi connectivity index (χ2v) is 8.79. The van der Waals surface area contributed by atoms with Gasteiger partial charge in [0.05, 0.1) is 29.4 Å². The summed E-state index contributed by atoms with van der Waals surface area (Å²) in [6.45, 7) is 3.94. The van der Waals surface area contributed by atoms with E-state index in [0.29, 0.717) is 16.5 Å².